The zero-order valence-electron chi connectivity index (χ0n) is 13.1. The van der Waals surface area contributed by atoms with Crippen LogP contribution in [0.15, 0.2) is 24.3 Å². The molecule has 2 rings (SSSR count). The quantitative estimate of drug-likeness (QED) is 0.260. The van der Waals surface area contributed by atoms with E-state index in [1.54, 1.807) is 12.1 Å². The smallest absolute Gasteiger partial charge is 0.320 e. The molecule has 1 aromatic rings. The van der Waals surface area contributed by atoms with Crippen LogP contribution in [0.3, 0.4) is 0 Å². The molecule has 1 aromatic carbocycles. The van der Waals surface area contributed by atoms with Crippen LogP contribution >= 0.6 is 0 Å². The second kappa shape index (κ2) is 9.06. The summed E-state index contributed by atoms with van der Waals surface area (Å²) in [6, 6.07) is 5.42. The number of aliphatic carboxylic acids is 1. The lowest BCUT2D eigenvalue weighted by Crippen LogP contribution is -2.63. The van der Waals surface area contributed by atoms with Gasteiger partial charge in [0.15, 0.2) is 0 Å². The van der Waals surface area contributed by atoms with Gasteiger partial charge in [0.05, 0.1) is 0 Å². The number of carboxylic acid groups (broad SMARTS) is 1. The van der Waals surface area contributed by atoms with E-state index in [1.165, 1.54) is 12.1 Å². The molecule has 25 heavy (non-hydrogen) atoms. The van der Waals surface area contributed by atoms with E-state index in [2.05, 4.69) is 0 Å². The summed E-state index contributed by atoms with van der Waals surface area (Å²) in [6.07, 6.45) is -9.57. The summed E-state index contributed by atoms with van der Waals surface area (Å²) in [6.45, 7) is 0. The van der Waals surface area contributed by atoms with Gasteiger partial charge in [-0.25, -0.2) is 0 Å². The van der Waals surface area contributed by atoms with Crippen LogP contribution in [0.25, 0.3) is 0 Å². The van der Waals surface area contributed by atoms with Crippen molar-refractivity contribution < 1.29 is 45.6 Å². The highest BCUT2D eigenvalue weighted by molar-refractivity contribution is 5.73. The van der Waals surface area contributed by atoms with E-state index in [9.17, 15) is 4.79 Å². The van der Waals surface area contributed by atoms with Crippen LogP contribution in [0.1, 0.15) is 5.56 Å². The average molecular weight is 361 g/mol. The molecular formula is C15H23NO9. The molecule has 1 aliphatic rings. The topological polar surface area (TPSA) is 205 Å². The van der Waals surface area contributed by atoms with Crippen LogP contribution in [0.5, 0.6) is 5.75 Å². The van der Waals surface area contributed by atoms with E-state index in [-0.39, 0.29) is 12.2 Å². The number of aliphatic hydroxyl groups is 6. The van der Waals surface area contributed by atoms with E-state index in [0.717, 1.165) is 5.56 Å². The Morgan fingerprint density at radius 1 is 0.840 bits per heavy atom. The van der Waals surface area contributed by atoms with Crippen molar-refractivity contribution in [2.75, 3.05) is 0 Å². The highest BCUT2D eigenvalue weighted by Gasteiger charge is 2.47. The number of phenolic OH excluding ortho intramolecular Hbond substituents is 1. The number of nitrogens with two attached hydrogens (primary N) is 1. The molecule has 1 unspecified atom stereocenters. The Labute approximate surface area is 143 Å². The largest absolute Gasteiger partial charge is 0.508 e. The van der Waals surface area contributed by atoms with Crippen LogP contribution in [0, 0.1) is 0 Å². The van der Waals surface area contributed by atoms with Gasteiger partial charge in [-0.3, -0.25) is 4.79 Å². The Bertz CT molecular complexity index is 494. The summed E-state index contributed by atoms with van der Waals surface area (Å²) in [7, 11) is 0. The van der Waals surface area contributed by atoms with E-state index in [4.69, 9.17) is 46.6 Å². The van der Waals surface area contributed by atoms with Gasteiger partial charge in [0.1, 0.15) is 48.4 Å². The van der Waals surface area contributed by atoms with Crippen LogP contribution in [0.2, 0.25) is 0 Å². The average Bonchev–Trinajstić information content (AvgIpc) is 2.59. The Morgan fingerprint density at radius 2 is 1.16 bits per heavy atom. The molecule has 1 saturated carbocycles. The molecule has 0 radical (unpaired) electrons. The van der Waals surface area contributed by atoms with Gasteiger partial charge < -0.3 is 46.6 Å². The van der Waals surface area contributed by atoms with Crippen LogP contribution < -0.4 is 5.73 Å². The minimum absolute atomic E-state index is 0.160. The minimum atomic E-state index is -1.64. The van der Waals surface area contributed by atoms with E-state index >= 15 is 0 Å². The lowest BCUT2D eigenvalue weighted by Gasteiger charge is -2.39. The van der Waals surface area contributed by atoms with Gasteiger partial charge in [0.25, 0.3) is 0 Å². The Kier molecular flexibility index (Phi) is 7.70. The lowest BCUT2D eigenvalue weighted by atomic mass is 9.85. The first-order valence-corrected chi connectivity index (χ1v) is 7.41. The number of carboxylic acids is 1. The summed E-state index contributed by atoms with van der Waals surface area (Å²) in [5.74, 6) is -0.860. The number of carbonyl (C=O) groups is 1. The maximum atomic E-state index is 10.4. The standard InChI is InChI=1S/C9H11NO3.C6H12O6/c10-8(9(12)13)5-6-1-3-7(11)4-2-6;7-1-2(8)4(10)6(12)5(11)3(1)9/h1-4,8,11H,5,10H2,(H,12,13);1-12H. The van der Waals surface area contributed by atoms with Crippen molar-refractivity contribution in [1.82, 2.24) is 0 Å². The molecule has 0 amide bonds. The van der Waals surface area contributed by atoms with Crippen molar-refractivity contribution in [3.05, 3.63) is 29.8 Å². The molecule has 1 atom stereocenters. The molecular weight excluding hydrogens is 338 g/mol. The zero-order chi connectivity index (χ0) is 19.3. The maximum Gasteiger partial charge on any atom is 0.320 e. The predicted molar refractivity (Wildman–Crippen MR) is 83.5 cm³/mol. The van der Waals surface area contributed by atoms with Crippen molar-refractivity contribution >= 4 is 5.97 Å². The fraction of sp³-hybridized carbons (Fsp3) is 0.533. The van der Waals surface area contributed by atoms with Crippen molar-refractivity contribution in [2.24, 2.45) is 5.73 Å². The van der Waals surface area contributed by atoms with Crippen molar-refractivity contribution in [3.8, 4) is 5.75 Å². The van der Waals surface area contributed by atoms with Crippen LogP contribution in [-0.4, -0.2) is 89.5 Å². The summed E-state index contributed by atoms with van der Waals surface area (Å²) in [5.41, 5.74) is 6.12. The molecule has 0 saturated heterocycles. The number of benzene rings is 1. The van der Waals surface area contributed by atoms with E-state index < -0.39 is 48.6 Å². The predicted octanol–water partition coefficient (Wildman–Crippen LogP) is -3.49. The van der Waals surface area contributed by atoms with Crippen LogP contribution in [-0.2, 0) is 11.2 Å². The normalized spacial score (nSPS) is 33.1. The number of hydrogen-bond donors (Lipinski definition) is 9. The molecule has 0 spiro atoms. The number of rotatable bonds is 3. The molecule has 1 aliphatic carbocycles. The molecule has 142 valence electrons. The summed E-state index contributed by atoms with van der Waals surface area (Å²) < 4.78 is 0. The summed E-state index contributed by atoms with van der Waals surface area (Å²) in [5, 5.41) is 71.3. The fourth-order valence-corrected chi connectivity index (χ4v) is 2.19. The third-order valence-electron chi connectivity index (χ3n) is 3.81. The van der Waals surface area contributed by atoms with Gasteiger partial charge in [-0.1, -0.05) is 12.1 Å². The Morgan fingerprint density at radius 3 is 1.44 bits per heavy atom. The minimum Gasteiger partial charge on any atom is -0.508 e. The third-order valence-corrected chi connectivity index (χ3v) is 3.81. The molecule has 0 heterocycles. The second-order valence-corrected chi connectivity index (χ2v) is 5.76. The van der Waals surface area contributed by atoms with Gasteiger partial charge in [-0.05, 0) is 24.1 Å². The van der Waals surface area contributed by atoms with Gasteiger partial charge in [0, 0.05) is 0 Å². The molecule has 0 aromatic heterocycles. The molecule has 10 heteroatoms. The second-order valence-electron chi connectivity index (χ2n) is 5.76. The third kappa shape index (κ3) is 5.61. The van der Waals surface area contributed by atoms with E-state index in [1.807, 2.05) is 0 Å². The molecule has 10 nitrogen and oxygen atoms in total. The summed E-state index contributed by atoms with van der Waals surface area (Å²) in [4.78, 5) is 10.4. The first-order chi connectivity index (χ1) is 11.6. The fourth-order valence-electron chi connectivity index (χ4n) is 2.19. The number of aromatic hydroxyl groups is 1. The van der Waals surface area contributed by atoms with Gasteiger partial charge in [-0.2, -0.15) is 0 Å². The van der Waals surface area contributed by atoms with Crippen molar-refractivity contribution in [2.45, 2.75) is 49.1 Å². The number of phenols is 1. The number of hydrogen-bond acceptors (Lipinski definition) is 9. The summed E-state index contributed by atoms with van der Waals surface area (Å²) >= 11 is 0. The molecule has 10 N–H and O–H groups in total. The van der Waals surface area contributed by atoms with E-state index in [0.29, 0.717) is 0 Å². The highest BCUT2D eigenvalue weighted by Crippen LogP contribution is 2.20. The highest BCUT2D eigenvalue weighted by atomic mass is 16.4. The maximum absolute atomic E-state index is 10.4. The molecule has 1 fully saturated rings. The van der Waals surface area contributed by atoms with Crippen molar-refractivity contribution in [1.29, 1.82) is 0 Å². The molecule has 0 bridgehead atoms. The SMILES string of the molecule is NC(Cc1ccc(O)cc1)C(=O)O.OC1C(O)C(O)C(O)C(O)C1O. The van der Waals surface area contributed by atoms with Gasteiger partial charge in [0.2, 0.25) is 0 Å². The van der Waals surface area contributed by atoms with Crippen LogP contribution in [0.4, 0.5) is 0 Å². The molecule has 0 aliphatic heterocycles. The van der Waals surface area contributed by atoms with Crippen molar-refractivity contribution in [3.63, 3.8) is 0 Å². The monoisotopic (exact) mass is 361 g/mol. The Hall–Kier alpha value is -1.79. The Balaban J connectivity index is 0.000000251. The first kappa shape index (κ1) is 21.3. The first-order valence-electron chi connectivity index (χ1n) is 7.41. The van der Waals surface area contributed by atoms with Gasteiger partial charge >= 0.3 is 5.97 Å². The number of aliphatic hydroxyl groups excluding tert-OH is 6. The van der Waals surface area contributed by atoms with Gasteiger partial charge in [-0.15, -0.1) is 0 Å². The zero-order valence-corrected chi connectivity index (χ0v) is 13.1. The lowest BCUT2D eigenvalue weighted by molar-refractivity contribution is -0.223.